The quantitative estimate of drug-likeness (QED) is 0.571. The van der Waals surface area contributed by atoms with Crippen LogP contribution in [0.15, 0.2) is 0 Å². The average Bonchev–Trinajstić information content (AvgIpc) is 2.79. The fourth-order valence-electron chi connectivity index (χ4n) is 3.30. The maximum atomic E-state index is 5.99. The molecular formula is C13H26N2O. The Labute approximate surface area is 99.1 Å². The Morgan fingerprint density at radius 2 is 2.06 bits per heavy atom. The van der Waals surface area contributed by atoms with E-state index in [1.54, 1.807) is 0 Å². The Kier molecular flexibility index (Phi) is 4.22. The number of hydrogen-bond acceptors (Lipinski definition) is 3. The van der Waals surface area contributed by atoms with Crippen molar-refractivity contribution in [2.75, 3.05) is 6.61 Å². The van der Waals surface area contributed by atoms with E-state index >= 15 is 0 Å². The molecule has 3 nitrogen and oxygen atoms in total. The summed E-state index contributed by atoms with van der Waals surface area (Å²) in [4.78, 5) is 0. The van der Waals surface area contributed by atoms with Crippen LogP contribution >= 0.6 is 0 Å². The summed E-state index contributed by atoms with van der Waals surface area (Å²) in [6, 6.07) is 0.330. The summed E-state index contributed by atoms with van der Waals surface area (Å²) in [6.07, 6.45) is 10.4. The summed E-state index contributed by atoms with van der Waals surface area (Å²) < 4.78 is 5.99. The predicted octanol–water partition coefficient (Wildman–Crippen LogP) is 2.36. The second kappa shape index (κ2) is 5.48. The molecule has 2 atom stereocenters. The van der Waals surface area contributed by atoms with Crippen LogP contribution < -0.4 is 11.3 Å². The first kappa shape index (κ1) is 12.3. The molecule has 0 amide bonds. The Bertz CT molecular complexity index is 208. The van der Waals surface area contributed by atoms with Crippen molar-refractivity contribution in [1.82, 2.24) is 5.43 Å². The third kappa shape index (κ3) is 2.76. The van der Waals surface area contributed by atoms with Gasteiger partial charge in [0.1, 0.15) is 0 Å². The number of nitrogens with one attached hydrogen (secondary N) is 1. The van der Waals surface area contributed by atoms with Crippen molar-refractivity contribution in [3.8, 4) is 0 Å². The molecule has 0 aromatic rings. The van der Waals surface area contributed by atoms with Gasteiger partial charge >= 0.3 is 0 Å². The summed E-state index contributed by atoms with van der Waals surface area (Å²) in [6.45, 7) is 3.13. The van der Waals surface area contributed by atoms with E-state index in [4.69, 9.17) is 10.6 Å². The number of rotatable bonds is 4. The highest BCUT2D eigenvalue weighted by Gasteiger charge is 2.37. The van der Waals surface area contributed by atoms with Gasteiger partial charge in [-0.2, -0.15) is 0 Å². The monoisotopic (exact) mass is 226 g/mol. The molecule has 94 valence electrons. The van der Waals surface area contributed by atoms with Crippen LogP contribution in [-0.2, 0) is 4.74 Å². The van der Waals surface area contributed by atoms with Crippen LogP contribution in [0.25, 0.3) is 0 Å². The van der Waals surface area contributed by atoms with Crippen molar-refractivity contribution in [2.45, 2.75) is 69.9 Å². The smallest absolute Gasteiger partial charge is 0.0820 e. The lowest BCUT2D eigenvalue weighted by Crippen LogP contribution is -2.55. The zero-order chi connectivity index (χ0) is 11.4. The number of hydrogen-bond donors (Lipinski definition) is 2. The molecule has 2 aliphatic rings. The van der Waals surface area contributed by atoms with Crippen molar-refractivity contribution < 1.29 is 4.74 Å². The molecule has 16 heavy (non-hydrogen) atoms. The summed E-state index contributed by atoms with van der Waals surface area (Å²) >= 11 is 0. The van der Waals surface area contributed by atoms with Crippen LogP contribution in [0.2, 0.25) is 0 Å². The second-order valence-corrected chi connectivity index (χ2v) is 5.72. The summed E-state index contributed by atoms with van der Waals surface area (Å²) in [7, 11) is 0. The molecule has 0 aromatic carbocycles. The van der Waals surface area contributed by atoms with Crippen LogP contribution in [0.4, 0.5) is 0 Å². The molecule has 2 unspecified atom stereocenters. The highest BCUT2D eigenvalue weighted by molar-refractivity contribution is 4.92. The zero-order valence-corrected chi connectivity index (χ0v) is 10.5. The third-order valence-corrected chi connectivity index (χ3v) is 4.48. The van der Waals surface area contributed by atoms with E-state index in [-0.39, 0.29) is 5.60 Å². The van der Waals surface area contributed by atoms with Gasteiger partial charge in [0, 0.05) is 6.61 Å². The van der Waals surface area contributed by atoms with Gasteiger partial charge in [0.2, 0.25) is 0 Å². The first-order valence-corrected chi connectivity index (χ1v) is 6.85. The van der Waals surface area contributed by atoms with E-state index in [2.05, 4.69) is 12.3 Å². The van der Waals surface area contributed by atoms with E-state index in [0.29, 0.717) is 6.04 Å². The van der Waals surface area contributed by atoms with Gasteiger partial charge in [0.15, 0.2) is 0 Å². The van der Waals surface area contributed by atoms with Crippen LogP contribution in [0, 0.1) is 5.92 Å². The molecule has 1 aliphatic carbocycles. The van der Waals surface area contributed by atoms with Gasteiger partial charge < -0.3 is 4.74 Å². The molecule has 0 aromatic heterocycles. The van der Waals surface area contributed by atoms with Crippen LogP contribution in [-0.4, -0.2) is 18.2 Å². The molecule has 2 fully saturated rings. The van der Waals surface area contributed by atoms with E-state index < -0.39 is 0 Å². The van der Waals surface area contributed by atoms with Crippen LogP contribution in [0.3, 0.4) is 0 Å². The highest BCUT2D eigenvalue weighted by Crippen LogP contribution is 2.35. The Balaban J connectivity index is 1.91. The average molecular weight is 226 g/mol. The van der Waals surface area contributed by atoms with Crippen LogP contribution in [0.5, 0.6) is 0 Å². The van der Waals surface area contributed by atoms with Gasteiger partial charge in [0.25, 0.3) is 0 Å². The molecule has 0 spiro atoms. The topological polar surface area (TPSA) is 47.3 Å². The van der Waals surface area contributed by atoms with Gasteiger partial charge in [-0.15, -0.1) is 0 Å². The normalized spacial score (nSPS) is 34.1. The molecular weight excluding hydrogens is 200 g/mol. The minimum absolute atomic E-state index is 0.0322. The Morgan fingerprint density at radius 3 is 2.62 bits per heavy atom. The molecule has 2 rings (SSSR count). The summed E-state index contributed by atoms with van der Waals surface area (Å²) in [5.74, 6) is 6.60. The minimum atomic E-state index is -0.0322. The van der Waals surface area contributed by atoms with E-state index in [1.165, 1.54) is 44.9 Å². The van der Waals surface area contributed by atoms with Gasteiger partial charge in [-0.05, 0) is 38.5 Å². The van der Waals surface area contributed by atoms with Crippen molar-refractivity contribution in [3.63, 3.8) is 0 Å². The fourth-order valence-corrected chi connectivity index (χ4v) is 3.30. The summed E-state index contributed by atoms with van der Waals surface area (Å²) in [5.41, 5.74) is 2.98. The minimum Gasteiger partial charge on any atom is -0.374 e. The van der Waals surface area contributed by atoms with Gasteiger partial charge in [-0.25, -0.2) is 0 Å². The fraction of sp³-hybridized carbons (Fsp3) is 1.00. The SMILES string of the molecule is CC1(C(CC2CCCC2)NN)CCCCO1. The first-order valence-electron chi connectivity index (χ1n) is 6.85. The lowest BCUT2D eigenvalue weighted by atomic mass is 9.83. The van der Waals surface area contributed by atoms with Crippen molar-refractivity contribution in [2.24, 2.45) is 11.8 Å². The number of hydrazine groups is 1. The van der Waals surface area contributed by atoms with Crippen LogP contribution in [0.1, 0.15) is 58.3 Å². The molecule has 0 bridgehead atoms. The van der Waals surface area contributed by atoms with Crippen molar-refractivity contribution >= 4 is 0 Å². The third-order valence-electron chi connectivity index (χ3n) is 4.48. The van der Waals surface area contributed by atoms with E-state index in [0.717, 1.165) is 18.9 Å². The maximum absolute atomic E-state index is 5.99. The molecule has 3 heteroatoms. The molecule has 1 heterocycles. The van der Waals surface area contributed by atoms with Gasteiger partial charge in [-0.3, -0.25) is 11.3 Å². The summed E-state index contributed by atoms with van der Waals surface area (Å²) in [5, 5.41) is 0. The maximum Gasteiger partial charge on any atom is 0.0820 e. The zero-order valence-electron chi connectivity index (χ0n) is 10.5. The van der Waals surface area contributed by atoms with E-state index in [1.807, 2.05) is 0 Å². The second-order valence-electron chi connectivity index (χ2n) is 5.72. The standard InChI is InChI=1S/C13H26N2O/c1-13(8-4-5-9-16-13)12(15-14)10-11-6-2-3-7-11/h11-12,15H,2-10,14H2,1H3. The van der Waals surface area contributed by atoms with E-state index in [9.17, 15) is 0 Å². The molecule has 1 saturated carbocycles. The molecule has 1 saturated heterocycles. The lowest BCUT2D eigenvalue weighted by Gasteiger charge is -2.41. The van der Waals surface area contributed by atoms with Gasteiger partial charge in [0.05, 0.1) is 11.6 Å². The Morgan fingerprint density at radius 1 is 1.31 bits per heavy atom. The molecule has 3 N–H and O–H groups in total. The van der Waals surface area contributed by atoms with Gasteiger partial charge in [-0.1, -0.05) is 25.7 Å². The molecule has 1 aliphatic heterocycles. The van der Waals surface area contributed by atoms with Crippen molar-refractivity contribution in [3.05, 3.63) is 0 Å². The lowest BCUT2D eigenvalue weighted by molar-refractivity contribution is -0.0926. The Hall–Kier alpha value is -0.120. The number of nitrogens with two attached hydrogens (primary N) is 1. The predicted molar refractivity (Wildman–Crippen MR) is 65.9 cm³/mol. The first-order chi connectivity index (χ1) is 7.74. The van der Waals surface area contributed by atoms with Crippen molar-refractivity contribution in [1.29, 1.82) is 0 Å². The molecule has 0 radical (unpaired) electrons. The largest absolute Gasteiger partial charge is 0.374 e. The highest BCUT2D eigenvalue weighted by atomic mass is 16.5. The number of ether oxygens (including phenoxy) is 1.